The molecule has 18 heavy (non-hydrogen) atoms. The summed E-state index contributed by atoms with van der Waals surface area (Å²) in [5.74, 6) is 1.15. The molecule has 5 nitrogen and oxygen atoms in total. The third-order valence-corrected chi connectivity index (χ3v) is 3.08. The molecule has 5 heteroatoms. The topological polar surface area (TPSA) is 59.0 Å². The van der Waals surface area contributed by atoms with Gasteiger partial charge in [0.05, 0.1) is 26.7 Å². The van der Waals surface area contributed by atoms with Crippen LogP contribution in [0.2, 0.25) is 0 Å². The van der Waals surface area contributed by atoms with Crippen molar-refractivity contribution in [3.05, 3.63) is 18.2 Å². The summed E-state index contributed by atoms with van der Waals surface area (Å²) in [4.78, 5) is 13.5. The second kappa shape index (κ2) is 5.27. The summed E-state index contributed by atoms with van der Waals surface area (Å²) in [6, 6.07) is 5.36. The molecule has 1 atom stereocenters. The fourth-order valence-electron chi connectivity index (χ4n) is 2.08. The molecule has 98 valence electrons. The largest absolute Gasteiger partial charge is 0.493 e. The number of benzene rings is 1. The molecule has 1 aliphatic heterocycles. The molecule has 1 fully saturated rings. The molecule has 0 aromatic heterocycles. The number of hydrogen-bond acceptors (Lipinski definition) is 4. The van der Waals surface area contributed by atoms with Crippen LogP contribution in [0.3, 0.4) is 0 Å². The van der Waals surface area contributed by atoms with E-state index in [-0.39, 0.29) is 12.3 Å². The molecule has 1 unspecified atom stereocenters. The minimum Gasteiger partial charge on any atom is -0.493 e. The van der Waals surface area contributed by atoms with Crippen molar-refractivity contribution in [2.24, 2.45) is 0 Å². The number of methoxy groups -OCH3 is 2. The van der Waals surface area contributed by atoms with E-state index in [4.69, 9.17) is 9.47 Å². The summed E-state index contributed by atoms with van der Waals surface area (Å²) in [7, 11) is 3.13. The van der Waals surface area contributed by atoms with E-state index in [0.29, 0.717) is 24.5 Å². The monoisotopic (exact) mass is 251 g/mol. The maximum atomic E-state index is 11.9. The van der Waals surface area contributed by atoms with Crippen LogP contribution in [0, 0.1) is 0 Å². The number of nitrogens with zero attached hydrogens (tertiary/aromatic N) is 1. The van der Waals surface area contributed by atoms with Crippen molar-refractivity contribution in [3.8, 4) is 11.5 Å². The zero-order valence-electron chi connectivity index (χ0n) is 10.5. The maximum Gasteiger partial charge on any atom is 0.229 e. The van der Waals surface area contributed by atoms with Crippen molar-refractivity contribution in [2.45, 2.75) is 18.9 Å². The number of ether oxygens (including phenoxy) is 2. The van der Waals surface area contributed by atoms with E-state index in [1.54, 1.807) is 31.3 Å². The molecule has 1 heterocycles. The molecular formula is C13H17NO4. The van der Waals surface area contributed by atoms with Gasteiger partial charge >= 0.3 is 0 Å². The number of aliphatic hydroxyl groups excluding tert-OH is 1. The average molecular weight is 251 g/mol. The van der Waals surface area contributed by atoms with Crippen molar-refractivity contribution in [3.63, 3.8) is 0 Å². The molecule has 0 spiro atoms. The molecule has 1 aromatic rings. The molecule has 0 aliphatic carbocycles. The standard InChI is InChI=1S/C13H17NO4/c1-17-11-4-3-9(7-12(11)18-2)14-6-5-10(15)8-13(14)16/h3-4,7,10,15H,5-6,8H2,1-2H3. The molecule has 0 saturated carbocycles. The predicted octanol–water partition coefficient (Wildman–Crippen LogP) is 1.19. The number of anilines is 1. The zero-order valence-corrected chi connectivity index (χ0v) is 10.5. The van der Waals surface area contributed by atoms with E-state index in [9.17, 15) is 9.90 Å². The minimum absolute atomic E-state index is 0.0685. The van der Waals surface area contributed by atoms with Crippen LogP contribution in [0.15, 0.2) is 18.2 Å². The highest BCUT2D eigenvalue weighted by Crippen LogP contribution is 2.32. The summed E-state index contributed by atoms with van der Waals surface area (Å²) >= 11 is 0. The van der Waals surface area contributed by atoms with Gasteiger partial charge in [-0.05, 0) is 18.6 Å². The van der Waals surface area contributed by atoms with E-state index in [1.807, 2.05) is 6.07 Å². The first-order valence-corrected chi connectivity index (χ1v) is 5.86. The first-order chi connectivity index (χ1) is 8.65. The fraction of sp³-hybridized carbons (Fsp3) is 0.462. The van der Waals surface area contributed by atoms with Crippen LogP contribution in [0.5, 0.6) is 11.5 Å². The Morgan fingerprint density at radius 1 is 1.28 bits per heavy atom. The second-order valence-electron chi connectivity index (χ2n) is 4.23. The Bertz CT molecular complexity index is 447. The van der Waals surface area contributed by atoms with Crippen molar-refractivity contribution in [1.29, 1.82) is 0 Å². The van der Waals surface area contributed by atoms with Crippen molar-refractivity contribution in [1.82, 2.24) is 0 Å². The SMILES string of the molecule is COc1ccc(N2CCC(O)CC2=O)cc1OC. The number of hydrogen-bond donors (Lipinski definition) is 1. The van der Waals surface area contributed by atoms with Gasteiger partial charge in [-0.25, -0.2) is 0 Å². The smallest absolute Gasteiger partial charge is 0.229 e. The lowest BCUT2D eigenvalue weighted by atomic mass is 10.1. The lowest BCUT2D eigenvalue weighted by Gasteiger charge is -2.29. The zero-order chi connectivity index (χ0) is 13.1. The lowest BCUT2D eigenvalue weighted by molar-refractivity contribution is -0.122. The number of carbonyl (C=O) groups excluding carboxylic acids is 1. The normalized spacial score (nSPS) is 19.8. The molecular weight excluding hydrogens is 234 g/mol. The predicted molar refractivity (Wildman–Crippen MR) is 67.1 cm³/mol. The van der Waals surface area contributed by atoms with Crippen LogP contribution in [0.4, 0.5) is 5.69 Å². The maximum absolute atomic E-state index is 11.9. The van der Waals surface area contributed by atoms with Gasteiger partial charge in [-0.1, -0.05) is 0 Å². The highest BCUT2D eigenvalue weighted by atomic mass is 16.5. The first kappa shape index (κ1) is 12.7. The summed E-state index contributed by atoms with van der Waals surface area (Å²) in [5.41, 5.74) is 0.768. The van der Waals surface area contributed by atoms with Crippen molar-refractivity contribution < 1.29 is 19.4 Å². The van der Waals surface area contributed by atoms with Gasteiger partial charge in [-0.3, -0.25) is 4.79 Å². The highest BCUT2D eigenvalue weighted by molar-refractivity contribution is 5.94. The van der Waals surface area contributed by atoms with Gasteiger partial charge in [-0.2, -0.15) is 0 Å². The quantitative estimate of drug-likeness (QED) is 0.876. The van der Waals surface area contributed by atoms with Crippen LogP contribution in [0.1, 0.15) is 12.8 Å². The molecule has 1 aliphatic rings. The van der Waals surface area contributed by atoms with E-state index >= 15 is 0 Å². The van der Waals surface area contributed by atoms with Crippen molar-refractivity contribution in [2.75, 3.05) is 25.7 Å². The van der Waals surface area contributed by atoms with Crippen LogP contribution in [0.25, 0.3) is 0 Å². The molecule has 0 bridgehead atoms. The Morgan fingerprint density at radius 2 is 2.00 bits per heavy atom. The summed E-state index contributed by atoms with van der Waals surface area (Å²) in [6.45, 7) is 0.523. The van der Waals surface area contributed by atoms with E-state index in [0.717, 1.165) is 5.69 Å². The third-order valence-electron chi connectivity index (χ3n) is 3.08. The second-order valence-corrected chi connectivity index (χ2v) is 4.23. The third kappa shape index (κ3) is 2.41. The van der Waals surface area contributed by atoms with Gasteiger partial charge in [0.2, 0.25) is 5.91 Å². The van der Waals surface area contributed by atoms with Gasteiger partial charge in [0.15, 0.2) is 11.5 Å². The Hall–Kier alpha value is -1.75. The Labute approximate surface area is 106 Å². The number of piperidine rings is 1. The van der Waals surface area contributed by atoms with E-state index < -0.39 is 6.10 Å². The fourth-order valence-corrected chi connectivity index (χ4v) is 2.08. The Kier molecular flexibility index (Phi) is 3.72. The molecule has 1 aromatic carbocycles. The van der Waals surface area contributed by atoms with Gasteiger partial charge in [0.1, 0.15) is 0 Å². The van der Waals surface area contributed by atoms with Crippen LogP contribution >= 0.6 is 0 Å². The lowest BCUT2D eigenvalue weighted by Crippen LogP contribution is -2.40. The van der Waals surface area contributed by atoms with Crippen LogP contribution in [-0.4, -0.2) is 37.9 Å². The molecule has 1 amide bonds. The molecule has 2 rings (SSSR count). The van der Waals surface area contributed by atoms with Gasteiger partial charge in [0.25, 0.3) is 0 Å². The van der Waals surface area contributed by atoms with Gasteiger partial charge in [0, 0.05) is 18.3 Å². The number of aliphatic hydroxyl groups is 1. The summed E-state index contributed by atoms with van der Waals surface area (Å²) < 4.78 is 10.4. The molecule has 1 N–H and O–H groups in total. The van der Waals surface area contributed by atoms with E-state index in [1.165, 1.54) is 0 Å². The Balaban J connectivity index is 2.25. The molecule has 0 radical (unpaired) electrons. The van der Waals surface area contributed by atoms with Crippen molar-refractivity contribution >= 4 is 11.6 Å². The minimum atomic E-state index is -0.520. The number of rotatable bonds is 3. The highest BCUT2D eigenvalue weighted by Gasteiger charge is 2.25. The van der Waals surface area contributed by atoms with Gasteiger partial charge < -0.3 is 19.5 Å². The average Bonchev–Trinajstić information content (AvgIpc) is 2.38. The first-order valence-electron chi connectivity index (χ1n) is 5.86. The number of amides is 1. The van der Waals surface area contributed by atoms with Crippen LogP contribution in [-0.2, 0) is 4.79 Å². The van der Waals surface area contributed by atoms with Crippen LogP contribution < -0.4 is 14.4 Å². The van der Waals surface area contributed by atoms with E-state index in [2.05, 4.69) is 0 Å². The molecule has 1 saturated heterocycles. The summed E-state index contributed by atoms with van der Waals surface area (Å²) in [6.07, 6.45) is 0.253. The number of carbonyl (C=O) groups is 1. The van der Waals surface area contributed by atoms with Gasteiger partial charge in [-0.15, -0.1) is 0 Å². The summed E-state index contributed by atoms with van der Waals surface area (Å²) in [5, 5.41) is 9.44. The Morgan fingerprint density at radius 3 is 2.61 bits per heavy atom.